The SMILES string of the molecule is Cc1ccc(S(=O)(=O)N2CCN(S(=O)(=O)c3ccc(C)cc3)CCN(S(=O)(=O)c3ccc(C)cc3)Cc3ccc(cc3)CN(S(=O)(=O)c3ccc(C)cc3)CC2)cc1. The summed E-state index contributed by atoms with van der Waals surface area (Å²) in [6.45, 7) is 5.23. The molecule has 12 nitrogen and oxygen atoms in total. The van der Waals surface area contributed by atoms with Crippen molar-refractivity contribution < 1.29 is 33.7 Å². The van der Waals surface area contributed by atoms with E-state index in [0.29, 0.717) is 11.1 Å². The van der Waals surface area contributed by atoms with Crippen molar-refractivity contribution in [3.63, 3.8) is 0 Å². The van der Waals surface area contributed by atoms with Gasteiger partial charge in [-0.25, -0.2) is 33.7 Å². The lowest BCUT2D eigenvalue weighted by Crippen LogP contribution is -2.46. The van der Waals surface area contributed by atoms with Gasteiger partial charge in [0.25, 0.3) is 0 Å². The molecule has 0 amide bonds. The van der Waals surface area contributed by atoms with Crippen molar-refractivity contribution in [2.24, 2.45) is 0 Å². The third kappa shape index (κ3) is 9.77. The lowest BCUT2D eigenvalue weighted by molar-refractivity contribution is 0.298. The molecule has 0 atom stereocenters. The molecule has 2 aliphatic heterocycles. The lowest BCUT2D eigenvalue weighted by atomic mass is 10.1. The van der Waals surface area contributed by atoms with Gasteiger partial charge >= 0.3 is 0 Å². The van der Waals surface area contributed by atoms with Crippen molar-refractivity contribution in [3.05, 3.63) is 155 Å². The molecular formula is C42H48N4O8S4. The van der Waals surface area contributed by atoms with E-state index in [-0.39, 0.29) is 71.9 Å². The molecule has 308 valence electrons. The summed E-state index contributed by atoms with van der Waals surface area (Å²) in [5, 5.41) is 0. The van der Waals surface area contributed by atoms with E-state index in [1.807, 2.05) is 27.7 Å². The number of benzene rings is 5. The van der Waals surface area contributed by atoms with Crippen LogP contribution in [0.1, 0.15) is 33.4 Å². The van der Waals surface area contributed by atoms with Crippen LogP contribution in [0.4, 0.5) is 0 Å². The molecule has 2 heterocycles. The molecule has 0 aromatic heterocycles. The van der Waals surface area contributed by atoms with Gasteiger partial charge in [-0.05, 0) is 87.4 Å². The van der Waals surface area contributed by atoms with Gasteiger partial charge in [-0.15, -0.1) is 0 Å². The Morgan fingerprint density at radius 3 is 0.707 bits per heavy atom. The number of hydrogen-bond donors (Lipinski definition) is 0. The summed E-state index contributed by atoms with van der Waals surface area (Å²) >= 11 is 0. The normalized spacial score (nSPS) is 16.7. The van der Waals surface area contributed by atoms with Crippen LogP contribution >= 0.6 is 0 Å². The molecule has 0 spiro atoms. The number of hydrogen-bond acceptors (Lipinski definition) is 8. The van der Waals surface area contributed by atoms with Crippen LogP contribution in [-0.4, -0.2) is 90.2 Å². The molecular weight excluding hydrogens is 817 g/mol. The molecule has 0 unspecified atom stereocenters. The molecule has 5 aromatic rings. The summed E-state index contributed by atoms with van der Waals surface area (Å²) in [6.07, 6.45) is 0. The quantitative estimate of drug-likeness (QED) is 0.181. The van der Waals surface area contributed by atoms with Gasteiger partial charge in [0.2, 0.25) is 40.1 Å². The van der Waals surface area contributed by atoms with E-state index in [4.69, 9.17) is 0 Å². The topological polar surface area (TPSA) is 150 Å². The minimum absolute atomic E-state index is 0.0318. The Morgan fingerprint density at radius 1 is 0.293 bits per heavy atom. The van der Waals surface area contributed by atoms with E-state index in [0.717, 1.165) is 30.9 Å². The average Bonchev–Trinajstić information content (AvgIpc) is 3.18. The molecule has 0 saturated carbocycles. The smallest absolute Gasteiger partial charge is 0.207 e. The summed E-state index contributed by atoms with van der Waals surface area (Å²) in [5.41, 5.74) is 4.58. The number of rotatable bonds is 8. The van der Waals surface area contributed by atoms with Gasteiger partial charge in [0.05, 0.1) is 19.6 Å². The number of aryl methyl sites for hydroxylation is 4. The minimum Gasteiger partial charge on any atom is -0.207 e. The summed E-state index contributed by atoms with van der Waals surface area (Å²) in [5.74, 6) is 0. The van der Waals surface area contributed by atoms with Crippen LogP contribution < -0.4 is 0 Å². The monoisotopic (exact) mass is 864 g/mol. The molecule has 0 aliphatic carbocycles. The summed E-state index contributed by atoms with van der Waals surface area (Å²) < 4.78 is 119. The fraction of sp³-hybridized carbons (Fsp3) is 0.286. The maximum Gasteiger partial charge on any atom is 0.243 e. The summed E-state index contributed by atoms with van der Waals surface area (Å²) in [4.78, 5) is -0.0209. The minimum atomic E-state index is -4.31. The predicted octanol–water partition coefficient (Wildman–Crippen LogP) is 5.70. The third-order valence-electron chi connectivity index (χ3n) is 10.2. The van der Waals surface area contributed by atoms with Crippen LogP contribution in [0.5, 0.6) is 0 Å². The molecule has 0 N–H and O–H groups in total. The first-order chi connectivity index (χ1) is 27.4. The Labute approximate surface area is 343 Å². The largest absolute Gasteiger partial charge is 0.243 e. The number of sulfonamides is 4. The highest BCUT2D eigenvalue weighted by Crippen LogP contribution is 2.25. The maximum absolute atomic E-state index is 14.4. The third-order valence-corrected chi connectivity index (χ3v) is 17.7. The molecule has 5 aromatic carbocycles. The summed E-state index contributed by atoms with van der Waals surface area (Å²) in [7, 11) is -17.0. The van der Waals surface area contributed by atoms with Gasteiger partial charge in [-0.3, -0.25) is 0 Å². The van der Waals surface area contributed by atoms with Crippen LogP contribution in [-0.2, 0) is 53.2 Å². The molecule has 2 bridgehead atoms. The van der Waals surface area contributed by atoms with Crippen molar-refractivity contribution in [1.29, 1.82) is 0 Å². The van der Waals surface area contributed by atoms with E-state index in [9.17, 15) is 33.7 Å². The molecule has 58 heavy (non-hydrogen) atoms. The molecule has 2 aliphatic rings. The Balaban J connectivity index is 1.48. The second-order valence-corrected chi connectivity index (χ2v) is 22.3. The van der Waals surface area contributed by atoms with Crippen LogP contribution in [0.15, 0.2) is 141 Å². The Hall–Kier alpha value is -4.26. The fourth-order valence-electron chi connectivity index (χ4n) is 6.54. The summed E-state index contributed by atoms with van der Waals surface area (Å²) in [6, 6.07) is 32.1. The zero-order valence-electron chi connectivity index (χ0n) is 32.9. The lowest BCUT2D eigenvalue weighted by Gasteiger charge is -2.31. The number of nitrogens with zero attached hydrogens (tertiary/aromatic N) is 4. The highest BCUT2D eigenvalue weighted by molar-refractivity contribution is 7.90. The highest BCUT2D eigenvalue weighted by atomic mass is 32.2. The molecule has 0 fully saturated rings. The van der Waals surface area contributed by atoms with Crippen molar-refractivity contribution in [1.82, 2.24) is 17.2 Å². The van der Waals surface area contributed by atoms with Crippen LogP contribution in [0.3, 0.4) is 0 Å². The molecule has 16 heteroatoms. The second-order valence-electron chi connectivity index (χ2n) is 14.6. The van der Waals surface area contributed by atoms with E-state index < -0.39 is 40.1 Å². The average molecular weight is 865 g/mol. The van der Waals surface area contributed by atoms with E-state index in [2.05, 4.69) is 0 Å². The van der Waals surface area contributed by atoms with Gasteiger partial charge in [0, 0.05) is 52.4 Å². The van der Waals surface area contributed by atoms with Gasteiger partial charge in [0.1, 0.15) is 0 Å². The zero-order valence-corrected chi connectivity index (χ0v) is 36.2. The van der Waals surface area contributed by atoms with Gasteiger partial charge in [-0.1, -0.05) is 95.1 Å². The maximum atomic E-state index is 14.4. The highest BCUT2D eigenvalue weighted by Gasteiger charge is 2.34. The van der Waals surface area contributed by atoms with Crippen molar-refractivity contribution in [2.75, 3.05) is 39.3 Å². The fourth-order valence-corrected chi connectivity index (χ4v) is 12.2. The molecule has 0 radical (unpaired) electrons. The second kappa shape index (κ2) is 17.5. The first-order valence-corrected chi connectivity index (χ1v) is 24.5. The van der Waals surface area contributed by atoms with Gasteiger partial charge in [0.15, 0.2) is 0 Å². The predicted molar refractivity (Wildman–Crippen MR) is 224 cm³/mol. The zero-order chi connectivity index (χ0) is 41.9. The Morgan fingerprint density at radius 2 is 0.483 bits per heavy atom. The van der Waals surface area contributed by atoms with Gasteiger partial charge in [-0.2, -0.15) is 17.2 Å². The van der Waals surface area contributed by atoms with Crippen molar-refractivity contribution >= 4 is 40.1 Å². The van der Waals surface area contributed by atoms with Crippen molar-refractivity contribution in [2.45, 2.75) is 60.4 Å². The van der Waals surface area contributed by atoms with Crippen LogP contribution in [0.25, 0.3) is 0 Å². The van der Waals surface area contributed by atoms with E-state index in [1.165, 1.54) is 57.1 Å². The number of fused-ring (bicyclic) bond motifs is 13. The van der Waals surface area contributed by atoms with Crippen molar-refractivity contribution in [3.8, 4) is 0 Å². The Kier molecular flexibility index (Phi) is 13.1. The first-order valence-electron chi connectivity index (χ1n) is 18.7. The molecule has 0 saturated heterocycles. The van der Waals surface area contributed by atoms with Crippen LogP contribution in [0, 0.1) is 27.7 Å². The van der Waals surface area contributed by atoms with Crippen LogP contribution in [0.2, 0.25) is 0 Å². The van der Waals surface area contributed by atoms with Gasteiger partial charge < -0.3 is 0 Å². The molecule has 7 rings (SSSR count). The first kappa shape index (κ1) is 43.3. The Bertz CT molecular complexity index is 2470. The van der Waals surface area contributed by atoms with E-state index >= 15 is 0 Å². The van der Waals surface area contributed by atoms with E-state index in [1.54, 1.807) is 72.8 Å². The standard InChI is InChI=1S/C42H48N4O8S4/c1-33-5-17-39(18-6-33)55(47,48)43-25-26-44(56(49,50)40-19-7-34(2)8-20-40)28-30-46(58(53,54)42-23-11-36(4)12-24-42)32-38-15-13-37(14-16-38)31-45(29-27-43)57(51,52)41-21-9-35(3)10-22-41/h5-24H,25-32H2,1-4H3.